The van der Waals surface area contributed by atoms with Gasteiger partial charge in [-0.25, -0.2) is 0 Å². The Morgan fingerprint density at radius 2 is 1.87 bits per heavy atom. The molecule has 0 aliphatic rings. The molecule has 15 heavy (non-hydrogen) atoms. The van der Waals surface area contributed by atoms with E-state index < -0.39 is 0 Å². The number of halogens is 1. The molecule has 1 heterocycles. The minimum Gasteiger partial charge on any atom is -0.392 e. The normalized spacial score (nSPS) is 10.5. The summed E-state index contributed by atoms with van der Waals surface area (Å²) in [5.74, 6) is 0. The van der Waals surface area contributed by atoms with Crippen LogP contribution < -0.4 is 0 Å². The first kappa shape index (κ1) is 10.6. The Balaban J connectivity index is 2.11. The van der Waals surface area contributed by atoms with Gasteiger partial charge in [0.25, 0.3) is 0 Å². The lowest BCUT2D eigenvalue weighted by atomic mass is 10.1. The molecule has 0 aliphatic heterocycles. The van der Waals surface area contributed by atoms with Crippen molar-refractivity contribution in [2.75, 3.05) is 0 Å². The maximum absolute atomic E-state index is 8.90. The molecule has 0 saturated carbocycles. The molecule has 1 aromatic heterocycles. The van der Waals surface area contributed by atoms with E-state index in [9.17, 15) is 0 Å². The molecule has 0 aliphatic carbocycles. The summed E-state index contributed by atoms with van der Waals surface area (Å²) in [6, 6.07) is 7.90. The summed E-state index contributed by atoms with van der Waals surface area (Å²) in [6.07, 6.45) is 3.84. The molecule has 78 valence electrons. The summed E-state index contributed by atoms with van der Waals surface area (Å²) in [7, 11) is 0. The Labute approximate surface area is 102 Å². The van der Waals surface area contributed by atoms with E-state index in [-0.39, 0.29) is 6.61 Å². The second kappa shape index (κ2) is 4.76. The van der Waals surface area contributed by atoms with E-state index in [1.807, 2.05) is 41.3 Å². The third kappa shape index (κ3) is 2.79. The summed E-state index contributed by atoms with van der Waals surface area (Å²) in [4.78, 5) is 0. The van der Waals surface area contributed by atoms with Gasteiger partial charge in [0.05, 0.1) is 22.9 Å². The van der Waals surface area contributed by atoms with Crippen LogP contribution in [0.25, 0.3) is 0 Å². The van der Waals surface area contributed by atoms with E-state index in [1.54, 1.807) is 0 Å². The van der Waals surface area contributed by atoms with Gasteiger partial charge in [0.15, 0.2) is 0 Å². The summed E-state index contributed by atoms with van der Waals surface area (Å²) in [5.41, 5.74) is 2.13. The molecule has 1 aromatic carbocycles. The van der Waals surface area contributed by atoms with Gasteiger partial charge in [-0.1, -0.05) is 24.3 Å². The van der Waals surface area contributed by atoms with Crippen LogP contribution in [0.1, 0.15) is 11.1 Å². The lowest BCUT2D eigenvalue weighted by Gasteiger charge is -2.02. The van der Waals surface area contributed by atoms with E-state index in [0.29, 0.717) is 0 Å². The van der Waals surface area contributed by atoms with Crippen molar-refractivity contribution in [1.82, 2.24) is 9.78 Å². The standard InChI is InChI=1S/C11H11IN2O/c12-11-5-13-14(7-11)6-9-1-3-10(8-15)4-2-9/h1-5,7,15H,6,8H2. The van der Waals surface area contributed by atoms with Gasteiger partial charge < -0.3 is 5.11 Å². The predicted octanol–water partition coefficient (Wildman–Crippen LogP) is 2.03. The van der Waals surface area contributed by atoms with Crippen LogP contribution in [0.3, 0.4) is 0 Å². The number of rotatable bonds is 3. The van der Waals surface area contributed by atoms with Gasteiger partial charge in [-0.05, 0) is 33.7 Å². The highest BCUT2D eigenvalue weighted by Crippen LogP contribution is 2.07. The summed E-state index contributed by atoms with van der Waals surface area (Å²) >= 11 is 2.24. The smallest absolute Gasteiger partial charge is 0.0681 e. The molecule has 2 aromatic rings. The number of aromatic nitrogens is 2. The molecule has 0 fully saturated rings. The average Bonchev–Trinajstić information content (AvgIpc) is 2.65. The Kier molecular flexibility index (Phi) is 3.37. The molecule has 0 unspecified atom stereocenters. The zero-order valence-corrected chi connectivity index (χ0v) is 10.3. The molecule has 0 spiro atoms. The van der Waals surface area contributed by atoms with Crippen LogP contribution in [0.5, 0.6) is 0 Å². The topological polar surface area (TPSA) is 38.0 Å². The van der Waals surface area contributed by atoms with Crippen LogP contribution in [0.15, 0.2) is 36.7 Å². The van der Waals surface area contributed by atoms with Gasteiger partial charge in [-0.15, -0.1) is 0 Å². The summed E-state index contributed by atoms with van der Waals surface area (Å²) < 4.78 is 3.04. The highest BCUT2D eigenvalue weighted by atomic mass is 127. The zero-order valence-electron chi connectivity index (χ0n) is 8.10. The first-order valence-corrected chi connectivity index (χ1v) is 5.72. The lowest BCUT2D eigenvalue weighted by Crippen LogP contribution is -1.99. The number of aliphatic hydroxyl groups is 1. The average molecular weight is 314 g/mol. The van der Waals surface area contributed by atoms with Crippen molar-refractivity contribution in [3.63, 3.8) is 0 Å². The Hall–Kier alpha value is -0.880. The van der Waals surface area contributed by atoms with Crippen LogP contribution in [0.4, 0.5) is 0 Å². The van der Waals surface area contributed by atoms with E-state index >= 15 is 0 Å². The fourth-order valence-corrected chi connectivity index (χ4v) is 1.81. The fourth-order valence-electron chi connectivity index (χ4n) is 1.36. The molecule has 0 radical (unpaired) electrons. The Morgan fingerprint density at radius 1 is 1.20 bits per heavy atom. The van der Waals surface area contributed by atoms with E-state index in [4.69, 9.17) is 5.11 Å². The highest BCUT2D eigenvalue weighted by Gasteiger charge is 1.97. The number of aliphatic hydroxyl groups excluding tert-OH is 1. The second-order valence-corrected chi connectivity index (χ2v) is 4.58. The second-order valence-electron chi connectivity index (χ2n) is 3.33. The number of hydrogen-bond acceptors (Lipinski definition) is 2. The summed E-state index contributed by atoms with van der Waals surface area (Å²) in [6.45, 7) is 0.870. The van der Waals surface area contributed by atoms with Gasteiger partial charge >= 0.3 is 0 Å². The van der Waals surface area contributed by atoms with Gasteiger partial charge in [-0.2, -0.15) is 5.10 Å². The first-order chi connectivity index (χ1) is 7.28. The van der Waals surface area contributed by atoms with Crippen molar-refractivity contribution in [3.8, 4) is 0 Å². The van der Waals surface area contributed by atoms with Crippen LogP contribution in [-0.2, 0) is 13.2 Å². The van der Waals surface area contributed by atoms with Gasteiger partial charge in [0.2, 0.25) is 0 Å². The minimum atomic E-state index is 0.0972. The molecule has 0 bridgehead atoms. The third-order valence-corrected chi connectivity index (χ3v) is 2.71. The van der Waals surface area contributed by atoms with Crippen molar-refractivity contribution in [1.29, 1.82) is 0 Å². The van der Waals surface area contributed by atoms with Crippen LogP contribution in [0.2, 0.25) is 0 Å². The van der Waals surface area contributed by atoms with Crippen molar-refractivity contribution < 1.29 is 5.11 Å². The zero-order chi connectivity index (χ0) is 10.7. The van der Waals surface area contributed by atoms with E-state index in [2.05, 4.69) is 27.7 Å². The van der Waals surface area contributed by atoms with Crippen molar-refractivity contribution in [2.24, 2.45) is 0 Å². The van der Waals surface area contributed by atoms with Crippen molar-refractivity contribution in [3.05, 3.63) is 51.4 Å². The summed E-state index contributed by atoms with van der Waals surface area (Å²) in [5, 5.41) is 13.1. The Bertz CT molecular complexity index is 436. The van der Waals surface area contributed by atoms with Crippen molar-refractivity contribution >= 4 is 22.6 Å². The molecule has 3 nitrogen and oxygen atoms in total. The largest absolute Gasteiger partial charge is 0.392 e. The van der Waals surface area contributed by atoms with Gasteiger partial charge in [0.1, 0.15) is 0 Å². The molecular weight excluding hydrogens is 303 g/mol. The monoisotopic (exact) mass is 314 g/mol. The molecular formula is C11H11IN2O. The quantitative estimate of drug-likeness (QED) is 0.881. The van der Waals surface area contributed by atoms with E-state index in [0.717, 1.165) is 15.7 Å². The predicted molar refractivity (Wildman–Crippen MR) is 66.4 cm³/mol. The number of hydrogen-bond donors (Lipinski definition) is 1. The third-order valence-electron chi connectivity index (χ3n) is 2.15. The molecule has 1 N–H and O–H groups in total. The SMILES string of the molecule is OCc1ccc(Cn2cc(I)cn2)cc1. The van der Waals surface area contributed by atoms with Crippen LogP contribution in [0, 0.1) is 3.57 Å². The maximum Gasteiger partial charge on any atom is 0.0681 e. The highest BCUT2D eigenvalue weighted by molar-refractivity contribution is 14.1. The molecule has 2 rings (SSSR count). The minimum absolute atomic E-state index is 0.0972. The van der Waals surface area contributed by atoms with Crippen LogP contribution >= 0.6 is 22.6 Å². The van der Waals surface area contributed by atoms with Gasteiger partial charge in [-0.3, -0.25) is 4.68 Å². The van der Waals surface area contributed by atoms with Gasteiger partial charge in [0, 0.05) is 6.20 Å². The van der Waals surface area contributed by atoms with Crippen LogP contribution in [-0.4, -0.2) is 14.9 Å². The molecule has 0 atom stereocenters. The fraction of sp³-hybridized carbons (Fsp3) is 0.182. The number of benzene rings is 1. The first-order valence-electron chi connectivity index (χ1n) is 4.64. The number of nitrogens with zero attached hydrogens (tertiary/aromatic N) is 2. The lowest BCUT2D eigenvalue weighted by molar-refractivity contribution is 0.282. The van der Waals surface area contributed by atoms with E-state index in [1.165, 1.54) is 5.56 Å². The Morgan fingerprint density at radius 3 is 2.40 bits per heavy atom. The molecule has 4 heteroatoms. The van der Waals surface area contributed by atoms with Crippen molar-refractivity contribution in [2.45, 2.75) is 13.2 Å². The molecule has 0 saturated heterocycles. The maximum atomic E-state index is 8.90. The molecule has 0 amide bonds.